The third-order valence-corrected chi connectivity index (χ3v) is 11.1. The second-order valence-corrected chi connectivity index (χ2v) is 13.7. The molecule has 12 heteroatoms. The van der Waals surface area contributed by atoms with Gasteiger partial charge in [-0.1, -0.05) is 19.6 Å². The molecule has 228 valence electrons. The van der Waals surface area contributed by atoms with Gasteiger partial charge in [-0.05, 0) is 66.2 Å². The molecule has 1 spiro atoms. The van der Waals surface area contributed by atoms with Crippen molar-refractivity contribution in [1.29, 1.82) is 0 Å². The second kappa shape index (κ2) is 10.6. The number of halogens is 6. The van der Waals surface area contributed by atoms with E-state index in [9.17, 15) is 22.4 Å². The normalized spacial score (nSPS) is 23.0. The molecule has 2 atom stereocenters. The van der Waals surface area contributed by atoms with Crippen LogP contribution in [0.1, 0.15) is 44.2 Å². The highest BCUT2D eigenvalue weighted by molar-refractivity contribution is 9.10. The van der Waals surface area contributed by atoms with Gasteiger partial charge in [0, 0.05) is 65.1 Å². The lowest BCUT2D eigenvalue weighted by molar-refractivity contribution is -0.137. The number of anilines is 1. The van der Waals surface area contributed by atoms with Crippen molar-refractivity contribution in [2.24, 2.45) is 10.4 Å². The molecule has 43 heavy (non-hydrogen) atoms. The van der Waals surface area contributed by atoms with Crippen LogP contribution in [0.15, 0.2) is 57.6 Å². The first kappa shape index (κ1) is 30.2. The number of carbonyl (C=O) groups is 1. The molecular formula is C31H30BrF5N4OS. The van der Waals surface area contributed by atoms with E-state index in [1.165, 1.54) is 17.8 Å². The number of thioether (sulfide) groups is 1. The van der Waals surface area contributed by atoms with Gasteiger partial charge < -0.3 is 14.7 Å². The molecule has 0 unspecified atom stereocenters. The molecule has 1 saturated carbocycles. The number of rotatable bonds is 2. The Hall–Kier alpha value is -2.86. The summed E-state index contributed by atoms with van der Waals surface area (Å²) < 4.78 is 74.5. The van der Waals surface area contributed by atoms with E-state index in [2.05, 4.69) is 29.1 Å². The molecule has 4 aliphatic rings. The van der Waals surface area contributed by atoms with Gasteiger partial charge >= 0.3 is 6.18 Å². The van der Waals surface area contributed by atoms with E-state index in [1.807, 2.05) is 23.6 Å². The molecule has 1 saturated heterocycles. The lowest BCUT2D eigenvalue weighted by atomic mass is 9.70. The minimum Gasteiger partial charge on any atom is -0.349 e. The van der Waals surface area contributed by atoms with Gasteiger partial charge in [0.05, 0.1) is 15.7 Å². The average molecular weight is 682 g/mol. The van der Waals surface area contributed by atoms with Crippen LogP contribution in [0.2, 0.25) is 0 Å². The number of carbonyl (C=O) groups excluding carboxylic acids is 1. The van der Waals surface area contributed by atoms with E-state index in [1.54, 1.807) is 4.90 Å². The maximum atomic E-state index is 15.4. The molecule has 6 rings (SSSR count). The number of piperazine rings is 1. The number of benzene rings is 2. The molecule has 1 amide bonds. The monoisotopic (exact) mass is 680 g/mol. The van der Waals surface area contributed by atoms with Crippen LogP contribution < -0.4 is 4.90 Å². The lowest BCUT2D eigenvalue weighted by Crippen LogP contribution is -2.60. The molecule has 0 N–H and O–H groups in total. The highest BCUT2D eigenvalue weighted by atomic mass is 79.9. The molecule has 1 aliphatic carbocycles. The molecule has 0 bridgehead atoms. The van der Waals surface area contributed by atoms with Gasteiger partial charge in [-0.25, -0.2) is 13.8 Å². The summed E-state index contributed by atoms with van der Waals surface area (Å²) in [5.41, 5.74) is -1.01. The van der Waals surface area contributed by atoms with E-state index in [0.29, 0.717) is 48.8 Å². The van der Waals surface area contributed by atoms with Crippen molar-refractivity contribution >= 4 is 45.1 Å². The maximum absolute atomic E-state index is 15.4. The summed E-state index contributed by atoms with van der Waals surface area (Å²) in [5, 5.41) is 0. The summed E-state index contributed by atoms with van der Waals surface area (Å²) in [4.78, 5) is 23.1. The second-order valence-electron chi connectivity index (χ2n) is 11.9. The van der Waals surface area contributed by atoms with E-state index in [0.717, 1.165) is 31.4 Å². The largest absolute Gasteiger partial charge is 0.417 e. The Balaban J connectivity index is 1.60. The highest BCUT2D eigenvalue weighted by Crippen LogP contribution is 2.57. The summed E-state index contributed by atoms with van der Waals surface area (Å²) in [6.45, 7) is 12.8. The van der Waals surface area contributed by atoms with Crippen molar-refractivity contribution in [1.82, 2.24) is 9.80 Å². The number of amidine groups is 1. The van der Waals surface area contributed by atoms with Crippen molar-refractivity contribution in [2.45, 2.75) is 56.3 Å². The van der Waals surface area contributed by atoms with Crippen molar-refractivity contribution in [3.05, 3.63) is 70.5 Å². The summed E-state index contributed by atoms with van der Waals surface area (Å²) in [6.07, 6.45) is -0.758. The van der Waals surface area contributed by atoms with Crippen LogP contribution in [0.5, 0.6) is 0 Å². The predicted molar refractivity (Wildman–Crippen MR) is 162 cm³/mol. The van der Waals surface area contributed by atoms with Crippen LogP contribution in [0.3, 0.4) is 0 Å². The quantitative estimate of drug-likeness (QED) is 0.184. The fraction of sp³-hybridized carbons (Fsp3) is 0.419. The van der Waals surface area contributed by atoms with Crippen LogP contribution in [0.25, 0.3) is 11.1 Å². The smallest absolute Gasteiger partial charge is 0.349 e. The molecule has 5 nitrogen and oxygen atoms in total. The van der Waals surface area contributed by atoms with Gasteiger partial charge in [0.25, 0.3) is 0 Å². The van der Waals surface area contributed by atoms with Crippen LogP contribution >= 0.6 is 27.7 Å². The van der Waals surface area contributed by atoms with E-state index >= 15 is 4.39 Å². The Kier molecular flexibility index (Phi) is 7.47. The van der Waals surface area contributed by atoms with Crippen LogP contribution in [0, 0.1) is 17.0 Å². The van der Waals surface area contributed by atoms with Crippen molar-refractivity contribution < 1.29 is 26.7 Å². The summed E-state index contributed by atoms with van der Waals surface area (Å²) in [5.74, 6) is -0.911. The molecule has 3 heterocycles. The number of amides is 1. The Labute approximate surface area is 259 Å². The van der Waals surface area contributed by atoms with Crippen molar-refractivity contribution in [3.63, 3.8) is 0 Å². The van der Waals surface area contributed by atoms with Gasteiger partial charge in [-0.15, -0.1) is 11.8 Å². The Morgan fingerprint density at radius 2 is 1.84 bits per heavy atom. The van der Waals surface area contributed by atoms with E-state index < -0.39 is 23.4 Å². The van der Waals surface area contributed by atoms with Crippen molar-refractivity contribution in [2.75, 3.05) is 30.3 Å². The van der Waals surface area contributed by atoms with Gasteiger partial charge in [0.2, 0.25) is 5.91 Å². The van der Waals surface area contributed by atoms with Gasteiger partial charge in [-0.2, -0.15) is 13.2 Å². The van der Waals surface area contributed by atoms with Gasteiger partial charge in [0.15, 0.2) is 0 Å². The molecule has 3 aliphatic heterocycles. The Bertz CT molecular complexity index is 1590. The first-order valence-corrected chi connectivity index (χ1v) is 15.8. The highest BCUT2D eigenvalue weighted by Gasteiger charge is 2.48. The number of hydrogen-bond acceptors (Lipinski definition) is 5. The average Bonchev–Trinajstić information content (AvgIpc) is 3.12. The summed E-state index contributed by atoms with van der Waals surface area (Å²) >= 11 is 4.34. The predicted octanol–water partition coefficient (Wildman–Crippen LogP) is 7.83. The molecule has 2 aromatic rings. The molecule has 2 aromatic carbocycles. The minimum absolute atomic E-state index is 0.130. The van der Waals surface area contributed by atoms with E-state index in [-0.39, 0.29) is 49.5 Å². The molecule has 0 radical (unpaired) electrons. The van der Waals surface area contributed by atoms with Gasteiger partial charge in [0.1, 0.15) is 23.3 Å². The van der Waals surface area contributed by atoms with E-state index in [4.69, 9.17) is 4.99 Å². The number of hydrogen-bond donors (Lipinski definition) is 0. The van der Waals surface area contributed by atoms with Crippen LogP contribution in [-0.4, -0.2) is 59.0 Å². The fourth-order valence-electron chi connectivity index (χ4n) is 6.62. The molecule has 2 fully saturated rings. The fourth-order valence-corrected chi connectivity index (χ4v) is 8.52. The van der Waals surface area contributed by atoms with Gasteiger partial charge in [-0.3, -0.25) is 4.79 Å². The topological polar surface area (TPSA) is 39.2 Å². The molecular weight excluding hydrogens is 651 g/mol. The van der Waals surface area contributed by atoms with Crippen LogP contribution in [-0.2, 0) is 11.0 Å². The molecule has 0 aromatic heterocycles. The first-order chi connectivity index (χ1) is 20.2. The summed E-state index contributed by atoms with van der Waals surface area (Å²) in [7, 11) is 0. The zero-order valence-electron chi connectivity index (χ0n) is 23.7. The Morgan fingerprint density at radius 1 is 1.12 bits per heavy atom. The first-order valence-electron chi connectivity index (χ1n) is 14.1. The maximum Gasteiger partial charge on any atom is 0.417 e. The Morgan fingerprint density at radius 3 is 2.47 bits per heavy atom. The van der Waals surface area contributed by atoms with Crippen molar-refractivity contribution in [3.8, 4) is 11.1 Å². The third-order valence-electron chi connectivity index (χ3n) is 9.04. The number of nitrogens with zero attached hydrogens (tertiary/aromatic N) is 4. The number of aliphatic imine (C=N–C) groups is 1. The standard InChI is InChI=1S/C31H30BrF5N4OS/c1-5-25(42)39-12-17(3)40(13-16(39)2)29-20-9-21(31(35,36)37)26(19-10-22(32)24(34)11-23(19)33)28-27(20)41(18(4)38-29)14-30(15-43-28)7-6-8-30/h5,9-11,16-17H,1,4,6-8,12-15H2,2-3H3/t16-,17+/m1/s1. The zero-order valence-corrected chi connectivity index (χ0v) is 26.1. The number of alkyl halides is 3. The third kappa shape index (κ3) is 4.98. The van der Waals surface area contributed by atoms with Crippen LogP contribution in [0.4, 0.5) is 27.6 Å². The zero-order chi connectivity index (χ0) is 31.0. The summed E-state index contributed by atoms with van der Waals surface area (Å²) in [6, 6.07) is 2.22. The lowest BCUT2D eigenvalue weighted by Gasteiger charge is -2.48. The minimum atomic E-state index is -4.85. The SMILES string of the molecule is C=CC(=O)N1C[C@H](C)N(C2=NC(=C)N3CC4(CCC4)CSc4c(-c5cc(Br)c(F)cc5F)c(C(F)(F)F)cc2c43)C[C@H]1C.